The van der Waals surface area contributed by atoms with E-state index in [1.165, 1.54) is 18.2 Å². The number of benzene rings is 1. The lowest BCUT2D eigenvalue weighted by Gasteiger charge is -2.12. The first-order valence-electron chi connectivity index (χ1n) is 5.54. The zero-order chi connectivity index (χ0) is 14.0. The molecule has 1 heterocycles. The van der Waals surface area contributed by atoms with Gasteiger partial charge in [0, 0.05) is 21.8 Å². The van der Waals surface area contributed by atoms with Crippen LogP contribution in [-0.4, -0.2) is 27.0 Å². The van der Waals surface area contributed by atoms with Gasteiger partial charge in [0.05, 0.1) is 10.6 Å². The van der Waals surface area contributed by atoms with Crippen molar-refractivity contribution in [2.75, 3.05) is 11.9 Å². The lowest BCUT2D eigenvalue weighted by atomic mass is 10.2. The van der Waals surface area contributed by atoms with E-state index in [1.54, 1.807) is 0 Å². The van der Waals surface area contributed by atoms with Gasteiger partial charge in [-0.05, 0) is 47.0 Å². The highest BCUT2D eigenvalue weighted by molar-refractivity contribution is 9.10. The molecule has 104 valence electrons. The Hall–Kier alpha value is -0.630. The summed E-state index contributed by atoms with van der Waals surface area (Å²) in [5, 5.41) is 2.68. The summed E-state index contributed by atoms with van der Waals surface area (Å²) < 4.78 is 28.0. The van der Waals surface area contributed by atoms with Crippen molar-refractivity contribution in [1.29, 1.82) is 0 Å². The van der Waals surface area contributed by atoms with Crippen LogP contribution in [-0.2, 0) is 18.6 Å². The fourth-order valence-electron chi connectivity index (χ4n) is 1.75. The predicted octanol–water partition coefficient (Wildman–Crippen LogP) is 2.49. The van der Waals surface area contributed by atoms with E-state index in [9.17, 15) is 13.2 Å². The molecule has 1 saturated heterocycles. The molecule has 0 spiro atoms. The van der Waals surface area contributed by atoms with Gasteiger partial charge in [-0.2, -0.15) is 0 Å². The molecule has 5 nitrogen and oxygen atoms in total. The molecule has 0 saturated carbocycles. The third kappa shape index (κ3) is 3.68. The Bertz CT molecular complexity index is 599. The van der Waals surface area contributed by atoms with Gasteiger partial charge in [-0.15, -0.1) is 0 Å². The van der Waals surface area contributed by atoms with E-state index in [4.69, 9.17) is 15.4 Å². The molecule has 1 unspecified atom stereocenters. The molecule has 1 N–H and O–H groups in total. The first kappa shape index (κ1) is 14.8. The van der Waals surface area contributed by atoms with Crippen molar-refractivity contribution in [2.45, 2.75) is 23.8 Å². The molecule has 0 aliphatic carbocycles. The summed E-state index contributed by atoms with van der Waals surface area (Å²) in [5.74, 6) is -0.236. The van der Waals surface area contributed by atoms with Crippen molar-refractivity contribution < 1.29 is 17.9 Å². The monoisotopic (exact) mass is 367 g/mol. The molecule has 0 aromatic heterocycles. The average molecular weight is 369 g/mol. The maximum Gasteiger partial charge on any atom is 0.261 e. The standard InChI is InChI=1S/C11H11BrClNO4S/c12-8-6-7(19(13,16)17)3-4-9(8)14-11(15)10-2-1-5-18-10/h3-4,6,10H,1-2,5H2,(H,14,15). The minimum atomic E-state index is -3.78. The number of amides is 1. The van der Waals surface area contributed by atoms with Gasteiger partial charge in [-0.3, -0.25) is 4.79 Å². The molecular weight excluding hydrogens is 358 g/mol. The smallest absolute Gasteiger partial charge is 0.261 e. The molecule has 8 heteroatoms. The molecule has 1 aromatic rings. The number of hydrogen-bond donors (Lipinski definition) is 1. The third-order valence-electron chi connectivity index (χ3n) is 2.70. The molecule has 1 atom stereocenters. The molecule has 0 bridgehead atoms. The van der Waals surface area contributed by atoms with Gasteiger partial charge in [0.15, 0.2) is 0 Å². The van der Waals surface area contributed by atoms with Crippen LogP contribution >= 0.6 is 26.6 Å². The highest BCUT2D eigenvalue weighted by Gasteiger charge is 2.24. The molecule has 1 amide bonds. The summed E-state index contributed by atoms with van der Waals surface area (Å²) in [6.45, 7) is 0.586. The van der Waals surface area contributed by atoms with Crippen LogP contribution in [0.2, 0.25) is 0 Å². The quantitative estimate of drug-likeness (QED) is 0.832. The summed E-state index contributed by atoms with van der Waals surface area (Å²) in [7, 11) is 1.45. The number of carbonyl (C=O) groups excluding carboxylic acids is 1. The Morgan fingerprint density at radius 1 is 1.47 bits per heavy atom. The van der Waals surface area contributed by atoms with Crippen LogP contribution in [0.5, 0.6) is 0 Å². The number of carbonyl (C=O) groups is 1. The van der Waals surface area contributed by atoms with Crippen molar-refractivity contribution >= 4 is 47.3 Å². The fraction of sp³-hybridized carbons (Fsp3) is 0.364. The molecule has 19 heavy (non-hydrogen) atoms. The van der Waals surface area contributed by atoms with Crippen molar-refractivity contribution in [3.63, 3.8) is 0 Å². The Balaban J connectivity index is 2.15. The van der Waals surface area contributed by atoms with Crippen LogP contribution in [0.25, 0.3) is 0 Å². The number of halogens is 2. The summed E-state index contributed by atoms with van der Waals surface area (Å²) in [4.78, 5) is 11.8. The van der Waals surface area contributed by atoms with Gasteiger partial charge in [-0.1, -0.05) is 0 Å². The Morgan fingerprint density at radius 2 is 2.21 bits per heavy atom. The van der Waals surface area contributed by atoms with Crippen molar-refractivity contribution in [3.05, 3.63) is 22.7 Å². The average Bonchev–Trinajstić information content (AvgIpc) is 2.84. The lowest BCUT2D eigenvalue weighted by molar-refractivity contribution is -0.124. The predicted molar refractivity (Wildman–Crippen MR) is 74.8 cm³/mol. The molecule has 1 aromatic carbocycles. The van der Waals surface area contributed by atoms with Crippen LogP contribution in [0.4, 0.5) is 5.69 Å². The number of anilines is 1. The Morgan fingerprint density at radius 3 is 2.74 bits per heavy atom. The zero-order valence-electron chi connectivity index (χ0n) is 9.73. The van der Waals surface area contributed by atoms with Gasteiger partial charge < -0.3 is 10.1 Å². The van der Waals surface area contributed by atoms with Gasteiger partial charge in [0.25, 0.3) is 15.0 Å². The van der Waals surface area contributed by atoms with E-state index in [0.717, 1.165) is 6.42 Å². The van der Waals surface area contributed by atoms with E-state index in [2.05, 4.69) is 21.2 Å². The van der Waals surface area contributed by atoms with Gasteiger partial charge >= 0.3 is 0 Å². The SMILES string of the molecule is O=C(Nc1ccc(S(=O)(=O)Cl)cc1Br)C1CCCO1. The highest BCUT2D eigenvalue weighted by atomic mass is 79.9. The first-order valence-corrected chi connectivity index (χ1v) is 8.65. The number of ether oxygens (including phenoxy) is 1. The summed E-state index contributed by atoms with van der Waals surface area (Å²) in [6.07, 6.45) is 1.11. The second-order valence-electron chi connectivity index (χ2n) is 4.07. The van der Waals surface area contributed by atoms with Crippen LogP contribution in [0.3, 0.4) is 0 Å². The van der Waals surface area contributed by atoms with Gasteiger partial charge in [0.2, 0.25) is 0 Å². The molecule has 1 aliphatic heterocycles. The van der Waals surface area contributed by atoms with Crippen LogP contribution in [0.15, 0.2) is 27.6 Å². The maximum atomic E-state index is 11.8. The van der Waals surface area contributed by atoms with Crippen molar-refractivity contribution in [2.24, 2.45) is 0 Å². The molecule has 0 radical (unpaired) electrons. The highest BCUT2D eigenvalue weighted by Crippen LogP contribution is 2.28. The van der Waals surface area contributed by atoms with E-state index >= 15 is 0 Å². The summed E-state index contributed by atoms with van der Waals surface area (Å²) >= 11 is 3.20. The maximum absolute atomic E-state index is 11.8. The second kappa shape index (κ2) is 5.78. The van der Waals surface area contributed by atoms with E-state index in [1.807, 2.05) is 0 Å². The fourth-order valence-corrected chi connectivity index (χ4v) is 3.15. The second-order valence-corrected chi connectivity index (χ2v) is 7.49. The number of hydrogen-bond acceptors (Lipinski definition) is 4. The first-order chi connectivity index (χ1) is 8.88. The van der Waals surface area contributed by atoms with Crippen molar-refractivity contribution in [3.8, 4) is 0 Å². The molecular formula is C11H11BrClNO4S. The van der Waals surface area contributed by atoms with Crippen LogP contribution < -0.4 is 5.32 Å². The summed E-state index contributed by atoms with van der Waals surface area (Å²) in [5.41, 5.74) is 0.476. The Kier molecular flexibility index (Phi) is 4.50. The lowest BCUT2D eigenvalue weighted by Crippen LogP contribution is -2.27. The van der Waals surface area contributed by atoms with Crippen molar-refractivity contribution in [1.82, 2.24) is 0 Å². The molecule has 2 rings (SSSR count). The van der Waals surface area contributed by atoms with Crippen LogP contribution in [0, 0.1) is 0 Å². The van der Waals surface area contributed by atoms with E-state index in [0.29, 0.717) is 23.2 Å². The van der Waals surface area contributed by atoms with E-state index in [-0.39, 0.29) is 10.8 Å². The minimum Gasteiger partial charge on any atom is -0.368 e. The minimum absolute atomic E-state index is 0.0313. The summed E-state index contributed by atoms with van der Waals surface area (Å²) in [6, 6.07) is 4.15. The number of nitrogens with one attached hydrogen (secondary N) is 1. The van der Waals surface area contributed by atoms with Gasteiger partial charge in [0.1, 0.15) is 6.10 Å². The normalized spacial score (nSPS) is 19.4. The van der Waals surface area contributed by atoms with E-state index < -0.39 is 15.2 Å². The largest absolute Gasteiger partial charge is 0.368 e. The number of rotatable bonds is 3. The topological polar surface area (TPSA) is 72.5 Å². The van der Waals surface area contributed by atoms with Crippen LogP contribution in [0.1, 0.15) is 12.8 Å². The zero-order valence-corrected chi connectivity index (χ0v) is 12.9. The Labute approximate surface area is 123 Å². The molecule has 1 fully saturated rings. The van der Waals surface area contributed by atoms with Gasteiger partial charge in [-0.25, -0.2) is 8.42 Å². The molecule has 1 aliphatic rings. The third-order valence-corrected chi connectivity index (χ3v) is 4.71.